The number of fused-ring (bicyclic) bond motifs is 1. The van der Waals surface area contributed by atoms with Crippen LogP contribution in [0, 0.1) is 4.64 Å². The second-order valence-electron chi connectivity index (χ2n) is 7.67. The largest absolute Gasteiger partial charge is 0.490 e. The van der Waals surface area contributed by atoms with Gasteiger partial charge in [0.25, 0.3) is 5.56 Å². The van der Waals surface area contributed by atoms with E-state index in [9.17, 15) is 9.59 Å². The van der Waals surface area contributed by atoms with Gasteiger partial charge in [0.05, 0.1) is 5.52 Å². The Hall–Kier alpha value is -3.13. The van der Waals surface area contributed by atoms with Crippen LogP contribution >= 0.6 is 12.2 Å². The summed E-state index contributed by atoms with van der Waals surface area (Å²) in [7, 11) is 0. The van der Waals surface area contributed by atoms with Crippen LogP contribution in [0.5, 0.6) is 5.75 Å². The highest BCUT2D eigenvalue weighted by molar-refractivity contribution is 7.71. The average Bonchev–Trinajstić information content (AvgIpc) is 3.16. The highest BCUT2D eigenvalue weighted by Crippen LogP contribution is 2.28. The summed E-state index contributed by atoms with van der Waals surface area (Å²) < 4.78 is 13.4. The van der Waals surface area contributed by atoms with Crippen molar-refractivity contribution in [3.05, 3.63) is 69.7 Å². The lowest BCUT2D eigenvalue weighted by molar-refractivity contribution is -0.153. The summed E-state index contributed by atoms with van der Waals surface area (Å²) in [5.74, 6) is 0.218. The van der Waals surface area contributed by atoms with Crippen LogP contribution in [-0.4, -0.2) is 33.4 Å². The normalized spacial score (nSPS) is 15.5. The quantitative estimate of drug-likeness (QED) is 0.323. The van der Waals surface area contributed by atoms with Crippen molar-refractivity contribution in [3.63, 3.8) is 0 Å². The first-order valence-corrected chi connectivity index (χ1v) is 10.8. The lowest BCUT2D eigenvalue weighted by Gasteiger charge is -2.26. The van der Waals surface area contributed by atoms with Crippen molar-refractivity contribution in [2.45, 2.75) is 44.2 Å². The zero-order valence-electron chi connectivity index (χ0n) is 17.1. The number of carbonyl (C=O) groups excluding carboxylic acids is 1. The van der Waals surface area contributed by atoms with E-state index in [-0.39, 0.29) is 16.3 Å². The molecule has 3 aromatic rings. The Morgan fingerprint density at radius 3 is 2.84 bits per heavy atom. The predicted molar refractivity (Wildman–Crippen MR) is 121 cm³/mol. The van der Waals surface area contributed by atoms with Gasteiger partial charge in [-0.15, -0.1) is 0 Å². The Labute approximate surface area is 184 Å². The minimum atomic E-state index is -0.833. The number of hydrogen-bond acceptors (Lipinski definition) is 5. The number of aromatic amines is 2. The SMILES string of the molecule is C=CCOc1cccc(C(C(=O)OC2CCCCC2)n2ccc3[nH][nH]c(=O)c3c2=S)c1. The molecular weight excluding hydrogens is 414 g/mol. The van der Waals surface area contributed by atoms with Crippen LogP contribution in [0.15, 0.2) is 54.0 Å². The molecule has 1 aliphatic carbocycles. The molecule has 0 spiro atoms. The molecule has 2 aromatic heterocycles. The summed E-state index contributed by atoms with van der Waals surface area (Å²) in [6.45, 7) is 4.02. The lowest BCUT2D eigenvalue weighted by atomic mass is 9.97. The molecular formula is C23H25N3O4S. The molecule has 0 radical (unpaired) electrons. The predicted octanol–water partition coefficient (Wildman–Crippen LogP) is 4.42. The van der Waals surface area contributed by atoms with E-state index in [4.69, 9.17) is 21.7 Å². The number of nitrogens with one attached hydrogen (secondary N) is 2. The van der Waals surface area contributed by atoms with E-state index in [1.165, 1.54) is 0 Å². The average molecular weight is 440 g/mol. The Kier molecular flexibility index (Phi) is 6.36. The second kappa shape index (κ2) is 9.34. The van der Waals surface area contributed by atoms with Crippen LogP contribution in [0.1, 0.15) is 43.7 Å². The molecule has 4 rings (SSSR count). The van der Waals surface area contributed by atoms with Crippen LogP contribution in [0.2, 0.25) is 0 Å². The van der Waals surface area contributed by atoms with Crippen molar-refractivity contribution in [2.24, 2.45) is 0 Å². The number of rotatable bonds is 7. The van der Waals surface area contributed by atoms with E-state index >= 15 is 0 Å². The number of esters is 1. The summed E-state index contributed by atoms with van der Waals surface area (Å²) in [6, 6.07) is 8.16. The first-order valence-electron chi connectivity index (χ1n) is 10.4. The highest BCUT2D eigenvalue weighted by Gasteiger charge is 2.29. The summed E-state index contributed by atoms with van der Waals surface area (Å²) in [5, 5.41) is 5.68. The molecule has 1 aromatic carbocycles. The van der Waals surface area contributed by atoms with E-state index in [2.05, 4.69) is 16.8 Å². The first kappa shape index (κ1) is 21.1. The standard InChI is InChI=1S/C23H25N3O4S/c1-2-13-29-17-10-6-7-15(14-17)20(23(28)30-16-8-4-3-5-9-16)26-12-11-18-19(22(26)31)21(27)25-24-18/h2,6-7,10-12,14,16,20H,1,3-5,8-9,13H2,(H2,24,25,27). The number of pyridine rings is 1. The van der Waals surface area contributed by atoms with E-state index < -0.39 is 12.0 Å². The maximum Gasteiger partial charge on any atom is 0.334 e. The van der Waals surface area contributed by atoms with Crippen molar-refractivity contribution in [1.29, 1.82) is 0 Å². The van der Waals surface area contributed by atoms with Gasteiger partial charge in [0.1, 0.15) is 28.5 Å². The molecule has 1 saturated carbocycles. The molecule has 0 bridgehead atoms. The van der Waals surface area contributed by atoms with Crippen molar-refractivity contribution in [2.75, 3.05) is 6.61 Å². The van der Waals surface area contributed by atoms with Gasteiger partial charge in [-0.1, -0.05) is 43.4 Å². The molecule has 0 aliphatic heterocycles. The molecule has 1 fully saturated rings. The third-order valence-electron chi connectivity index (χ3n) is 5.54. The molecule has 7 nitrogen and oxygen atoms in total. The Balaban J connectivity index is 1.77. The summed E-state index contributed by atoms with van der Waals surface area (Å²) in [4.78, 5) is 25.7. The lowest BCUT2D eigenvalue weighted by Crippen LogP contribution is -2.29. The molecule has 8 heteroatoms. The van der Waals surface area contributed by atoms with Crippen LogP contribution in [0.25, 0.3) is 10.9 Å². The smallest absolute Gasteiger partial charge is 0.334 e. The van der Waals surface area contributed by atoms with Crippen molar-refractivity contribution < 1.29 is 14.3 Å². The Morgan fingerprint density at radius 2 is 2.06 bits per heavy atom. The van der Waals surface area contributed by atoms with Gasteiger partial charge in [-0.25, -0.2) is 4.79 Å². The van der Waals surface area contributed by atoms with Gasteiger partial charge in [0.2, 0.25) is 0 Å². The maximum atomic E-state index is 13.4. The molecule has 0 saturated heterocycles. The number of H-pyrrole nitrogens is 2. The van der Waals surface area contributed by atoms with E-state index in [1.807, 2.05) is 18.2 Å². The monoisotopic (exact) mass is 439 g/mol. The molecule has 1 aliphatic rings. The Morgan fingerprint density at radius 1 is 1.26 bits per heavy atom. The molecule has 0 amide bonds. The summed E-state index contributed by atoms with van der Waals surface area (Å²) >= 11 is 5.61. The topological polar surface area (TPSA) is 89.1 Å². The van der Waals surface area contributed by atoms with E-state index in [0.29, 0.717) is 28.8 Å². The van der Waals surface area contributed by atoms with Crippen molar-refractivity contribution in [3.8, 4) is 5.75 Å². The van der Waals surface area contributed by atoms with Gasteiger partial charge in [0, 0.05) is 6.20 Å². The molecule has 162 valence electrons. The number of benzene rings is 1. The van der Waals surface area contributed by atoms with Gasteiger partial charge in [0.15, 0.2) is 6.04 Å². The van der Waals surface area contributed by atoms with Crippen molar-refractivity contribution in [1.82, 2.24) is 14.8 Å². The van der Waals surface area contributed by atoms with Crippen LogP contribution in [0.3, 0.4) is 0 Å². The van der Waals surface area contributed by atoms with Gasteiger partial charge in [-0.3, -0.25) is 15.0 Å². The minimum Gasteiger partial charge on any atom is -0.490 e. The van der Waals surface area contributed by atoms with Gasteiger partial charge in [-0.2, -0.15) is 0 Å². The molecule has 1 unspecified atom stereocenters. The third kappa shape index (κ3) is 4.49. The number of aromatic nitrogens is 3. The van der Waals surface area contributed by atoms with Crippen LogP contribution < -0.4 is 10.3 Å². The Bertz CT molecular complexity index is 1200. The number of nitrogens with zero attached hydrogens (tertiary/aromatic N) is 1. The number of ether oxygens (including phenoxy) is 2. The van der Waals surface area contributed by atoms with Crippen LogP contribution in [0.4, 0.5) is 0 Å². The maximum absolute atomic E-state index is 13.4. The van der Waals surface area contributed by atoms with Gasteiger partial charge < -0.3 is 14.0 Å². The van der Waals surface area contributed by atoms with Gasteiger partial charge in [-0.05, 0) is 49.4 Å². The van der Waals surface area contributed by atoms with E-state index in [1.54, 1.807) is 29.0 Å². The fraction of sp³-hybridized carbons (Fsp3) is 0.348. The zero-order valence-corrected chi connectivity index (χ0v) is 18.0. The summed E-state index contributed by atoms with van der Waals surface area (Å²) in [6.07, 6.45) is 8.26. The van der Waals surface area contributed by atoms with E-state index in [0.717, 1.165) is 32.1 Å². The highest BCUT2D eigenvalue weighted by atomic mass is 32.1. The first-order chi connectivity index (χ1) is 15.1. The van der Waals surface area contributed by atoms with Crippen LogP contribution in [-0.2, 0) is 9.53 Å². The third-order valence-corrected chi connectivity index (χ3v) is 5.95. The number of carbonyl (C=O) groups is 1. The number of hydrogen-bond donors (Lipinski definition) is 2. The van der Waals surface area contributed by atoms with Crippen molar-refractivity contribution >= 4 is 29.1 Å². The molecule has 1 atom stereocenters. The fourth-order valence-corrected chi connectivity index (χ4v) is 4.38. The molecule has 2 heterocycles. The summed E-state index contributed by atoms with van der Waals surface area (Å²) in [5.41, 5.74) is 0.940. The minimum absolute atomic E-state index is 0.0995. The molecule has 2 N–H and O–H groups in total. The fourth-order valence-electron chi connectivity index (χ4n) is 4.02. The second-order valence-corrected chi connectivity index (χ2v) is 8.05. The zero-order chi connectivity index (χ0) is 21.8. The van der Waals surface area contributed by atoms with Gasteiger partial charge >= 0.3 is 5.97 Å². The molecule has 31 heavy (non-hydrogen) atoms.